The molecule has 3 rings (SSSR count). The second-order valence-corrected chi connectivity index (χ2v) is 7.27. The standard InChI is InChI=1S/C21H14Cl3N3O4/c22-16-9-25-10-17(23)15(16)11-31-13-5-3-12(4-6-13)8-18(21(29)30)27-20(28)14-2-1-7-26-19(14)24/h1-10H,11H2,(H,27,28)(H,29,30)/b18-8-. The van der Waals surface area contributed by atoms with Crippen molar-refractivity contribution < 1.29 is 19.4 Å². The van der Waals surface area contributed by atoms with E-state index in [0.717, 1.165) is 0 Å². The Morgan fingerprint density at radius 1 is 1.06 bits per heavy atom. The van der Waals surface area contributed by atoms with Crippen LogP contribution in [0.3, 0.4) is 0 Å². The van der Waals surface area contributed by atoms with Crippen LogP contribution in [0, 0.1) is 0 Å². The number of pyridine rings is 2. The Morgan fingerprint density at radius 2 is 1.74 bits per heavy atom. The summed E-state index contributed by atoms with van der Waals surface area (Å²) in [4.78, 5) is 31.6. The van der Waals surface area contributed by atoms with Gasteiger partial charge < -0.3 is 15.2 Å². The maximum atomic E-state index is 12.3. The molecule has 2 aromatic heterocycles. The number of carboxylic acids is 1. The van der Waals surface area contributed by atoms with Gasteiger partial charge in [0.15, 0.2) is 0 Å². The summed E-state index contributed by atoms with van der Waals surface area (Å²) in [5, 5.41) is 12.5. The van der Waals surface area contributed by atoms with Gasteiger partial charge in [0.2, 0.25) is 0 Å². The Bertz CT molecular complexity index is 1130. The number of nitrogens with zero attached hydrogens (tertiary/aromatic N) is 2. The van der Waals surface area contributed by atoms with Gasteiger partial charge in [-0.3, -0.25) is 9.78 Å². The molecule has 0 saturated carbocycles. The molecule has 10 heteroatoms. The lowest BCUT2D eigenvalue weighted by Gasteiger charge is -2.10. The molecule has 0 aliphatic rings. The van der Waals surface area contributed by atoms with Gasteiger partial charge in [0.1, 0.15) is 23.2 Å². The van der Waals surface area contributed by atoms with Crippen molar-refractivity contribution in [2.75, 3.05) is 0 Å². The maximum absolute atomic E-state index is 12.3. The Balaban J connectivity index is 1.71. The number of rotatable bonds is 7. The lowest BCUT2D eigenvalue weighted by molar-refractivity contribution is -0.132. The van der Waals surface area contributed by atoms with Gasteiger partial charge in [-0.05, 0) is 35.9 Å². The summed E-state index contributed by atoms with van der Waals surface area (Å²) in [6.07, 6.45) is 5.68. The molecule has 0 aliphatic carbocycles. The number of halogens is 3. The van der Waals surface area contributed by atoms with Gasteiger partial charge in [0.25, 0.3) is 5.91 Å². The molecule has 2 N–H and O–H groups in total. The molecular weight excluding hydrogens is 465 g/mol. The van der Waals surface area contributed by atoms with E-state index in [1.54, 1.807) is 24.3 Å². The van der Waals surface area contributed by atoms with Crippen molar-refractivity contribution in [2.45, 2.75) is 6.61 Å². The third-order valence-electron chi connectivity index (χ3n) is 4.01. The normalized spacial score (nSPS) is 11.1. The fourth-order valence-corrected chi connectivity index (χ4v) is 3.13. The average Bonchev–Trinajstić information content (AvgIpc) is 2.74. The predicted molar refractivity (Wildman–Crippen MR) is 117 cm³/mol. The van der Waals surface area contributed by atoms with Crippen LogP contribution in [0.2, 0.25) is 15.2 Å². The van der Waals surface area contributed by atoms with Gasteiger partial charge in [0.05, 0.1) is 15.6 Å². The molecule has 3 aromatic rings. The highest BCUT2D eigenvalue weighted by Crippen LogP contribution is 2.25. The minimum atomic E-state index is -1.31. The number of carbonyl (C=O) groups is 2. The Hall–Kier alpha value is -3.13. The van der Waals surface area contributed by atoms with E-state index < -0.39 is 11.9 Å². The third kappa shape index (κ3) is 5.95. The Labute approximate surface area is 192 Å². The van der Waals surface area contributed by atoms with E-state index in [4.69, 9.17) is 39.5 Å². The van der Waals surface area contributed by atoms with E-state index in [-0.39, 0.29) is 23.0 Å². The minimum absolute atomic E-state index is 0.0272. The van der Waals surface area contributed by atoms with Crippen molar-refractivity contribution >= 4 is 52.8 Å². The van der Waals surface area contributed by atoms with Gasteiger partial charge in [-0.2, -0.15) is 0 Å². The molecule has 0 radical (unpaired) electrons. The molecule has 7 nitrogen and oxygen atoms in total. The van der Waals surface area contributed by atoms with Crippen molar-refractivity contribution in [3.05, 3.63) is 92.6 Å². The fourth-order valence-electron chi connectivity index (χ4n) is 2.45. The van der Waals surface area contributed by atoms with Crippen LogP contribution in [-0.2, 0) is 11.4 Å². The SMILES string of the molecule is O=C(O)/C(=C/c1ccc(OCc2c(Cl)cncc2Cl)cc1)NC(=O)c1cccnc1Cl. The number of nitrogens with one attached hydrogen (secondary N) is 1. The van der Waals surface area contributed by atoms with E-state index in [0.29, 0.717) is 26.9 Å². The lowest BCUT2D eigenvalue weighted by Crippen LogP contribution is -2.27. The van der Waals surface area contributed by atoms with Crippen LogP contribution < -0.4 is 10.1 Å². The van der Waals surface area contributed by atoms with Crippen molar-refractivity contribution in [3.8, 4) is 5.75 Å². The number of hydrogen-bond donors (Lipinski definition) is 2. The predicted octanol–water partition coefficient (Wildman–Crippen LogP) is 4.87. The van der Waals surface area contributed by atoms with Crippen LogP contribution in [0.15, 0.2) is 60.7 Å². The summed E-state index contributed by atoms with van der Waals surface area (Å²) >= 11 is 18.0. The number of ether oxygens (including phenoxy) is 1. The summed E-state index contributed by atoms with van der Waals surface area (Å²) < 4.78 is 5.67. The molecule has 0 unspecified atom stereocenters. The van der Waals surface area contributed by atoms with E-state index >= 15 is 0 Å². The molecule has 0 spiro atoms. The summed E-state index contributed by atoms with van der Waals surface area (Å²) in [5.41, 5.74) is 0.872. The quantitative estimate of drug-likeness (QED) is 0.371. The van der Waals surface area contributed by atoms with Crippen molar-refractivity contribution in [1.29, 1.82) is 0 Å². The average molecular weight is 479 g/mol. The number of benzene rings is 1. The van der Waals surface area contributed by atoms with Crippen LogP contribution >= 0.6 is 34.8 Å². The van der Waals surface area contributed by atoms with E-state index in [2.05, 4.69) is 15.3 Å². The van der Waals surface area contributed by atoms with Gasteiger partial charge in [-0.15, -0.1) is 0 Å². The van der Waals surface area contributed by atoms with Crippen molar-refractivity contribution in [1.82, 2.24) is 15.3 Å². The highest BCUT2D eigenvalue weighted by molar-refractivity contribution is 6.35. The molecule has 2 heterocycles. The highest BCUT2D eigenvalue weighted by Gasteiger charge is 2.16. The minimum Gasteiger partial charge on any atom is -0.489 e. The molecule has 1 aromatic carbocycles. The number of aromatic nitrogens is 2. The van der Waals surface area contributed by atoms with Gasteiger partial charge in [-0.1, -0.05) is 46.9 Å². The second kappa shape index (κ2) is 10.3. The summed E-state index contributed by atoms with van der Waals surface area (Å²) in [6.45, 7) is 0.137. The zero-order chi connectivity index (χ0) is 22.4. The molecule has 0 atom stereocenters. The van der Waals surface area contributed by atoms with E-state index in [1.165, 1.54) is 36.8 Å². The van der Waals surface area contributed by atoms with Crippen LogP contribution in [-0.4, -0.2) is 27.0 Å². The van der Waals surface area contributed by atoms with Crippen LogP contribution in [0.4, 0.5) is 0 Å². The van der Waals surface area contributed by atoms with Crippen molar-refractivity contribution in [3.63, 3.8) is 0 Å². The number of carboxylic acid groups (broad SMARTS) is 1. The van der Waals surface area contributed by atoms with Crippen LogP contribution in [0.25, 0.3) is 6.08 Å². The second-order valence-electron chi connectivity index (χ2n) is 6.10. The third-order valence-corrected chi connectivity index (χ3v) is 4.96. The maximum Gasteiger partial charge on any atom is 0.352 e. The van der Waals surface area contributed by atoms with Crippen LogP contribution in [0.1, 0.15) is 21.5 Å². The molecule has 0 fully saturated rings. The first-order valence-corrected chi connectivity index (χ1v) is 9.86. The summed E-state index contributed by atoms with van der Waals surface area (Å²) in [6, 6.07) is 9.53. The molecule has 0 saturated heterocycles. The Morgan fingerprint density at radius 3 is 2.35 bits per heavy atom. The number of aliphatic carboxylic acids is 1. The fraction of sp³-hybridized carbons (Fsp3) is 0.0476. The molecular formula is C21H14Cl3N3O4. The van der Waals surface area contributed by atoms with Crippen molar-refractivity contribution in [2.24, 2.45) is 0 Å². The number of hydrogen-bond acceptors (Lipinski definition) is 5. The van der Waals surface area contributed by atoms with Gasteiger partial charge in [0, 0.05) is 24.2 Å². The summed E-state index contributed by atoms with van der Waals surface area (Å²) in [7, 11) is 0. The lowest BCUT2D eigenvalue weighted by atomic mass is 10.1. The first-order chi connectivity index (χ1) is 14.8. The largest absolute Gasteiger partial charge is 0.489 e. The van der Waals surface area contributed by atoms with Gasteiger partial charge >= 0.3 is 5.97 Å². The van der Waals surface area contributed by atoms with Crippen LogP contribution in [0.5, 0.6) is 5.75 Å². The van der Waals surface area contributed by atoms with Gasteiger partial charge in [-0.25, -0.2) is 9.78 Å². The molecule has 158 valence electrons. The summed E-state index contributed by atoms with van der Waals surface area (Å²) in [5.74, 6) is -1.47. The smallest absolute Gasteiger partial charge is 0.352 e. The zero-order valence-electron chi connectivity index (χ0n) is 15.7. The first kappa shape index (κ1) is 22.6. The topological polar surface area (TPSA) is 101 Å². The molecule has 0 bridgehead atoms. The first-order valence-electron chi connectivity index (χ1n) is 8.72. The highest BCUT2D eigenvalue weighted by atomic mass is 35.5. The van der Waals surface area contributed by atoms with E-state index in [9.17, 15) is 14.7 Å². The molecule has 1 amide bonds. The molecule has 0 aliphatic heterocycles. The van der Waals surface area contributed by atoms with E-state index in [1.807, 2.05) is 0 Å². The molecule has 31 heavy (non-hydrogen) atoms. The number of amides is 1. The zero-order valence-corrected chi connectivity index (χ0v) is 17.9. The number of carbonyl (C=O) groups excluding carboxylic acids is 1. The monoisotopic (exact) mass is 477 g/mol. The Kier molecular flexibility index (Phi) is 7.46.